The van der Waals surface area contributed by atoms with Gasteiger partial charge in [0.2, 0.25) is 5.91 Å². The normalized spacial score (nSPS) is 13.9. The molecule has 7 heteroatoms. The predicted octanol–water partition coefficient (Wildman–Crippen LogP) is 4.17. The minimum Gasteiger partial charge on any atom is -0.357 e. The molecule has 0 atom stereocenters. The van der Waals surface area contributed by atoms with Gasteiger partial charge in [0.1, 0.15) is 12.4 Å². The molecule has 0 unspecified atom stereocenters. The van der Waals surface area contributed by atoms with E-state index in [-0.39, 0.29) is 12.5 Å². The molecule has 6 nitrogen and oxygen atoms in total. The number of carbonyl (C=O) groups excluding carboxylic acids is 1. The second kappa shape index (κ2) is 7.75. The number of nitrogens with one attached hydrogen (secondary N) is 1. The highest BCUT2D eigenvalue weighted by atomic mass is 32.1. The highest BCUT2D eigenvalue weighted by Crippen LogP contribution is 2.28. The maximum absolute atomic E-state index is 12.6. The number of rotatable bonds is 5. The Morgan fingerprint density at radius 1 is 1.21 bits per heavy atom. The number of carbonyl (C=O) groups is 1. The fourth-order valence-corrected chi connectivity index (χ4v) is 4.34. The minimum atomic E-state index is -0.0569. The van der Waals surface area contributed by atoms with E-state index in [2.05, 4.69) is 31.6 Å². The van der Waals surface area contributed by atoms with Crippen LogP contribution in [0.2, 0.25) is 0 Å². The number of aryl methyl sites for hydroxylation is 2. The average molecular weight is 396 g/mol. The topological polar surface area (TPSA) is 63.1 Å². The Hall–Kier alpha value is -2.67. The Balaban J connectivity index is 1.44. The summed E-state index contributed by atoms with van der Waals surface area (Å²) in [6.07, 6.45) is 4.18. The molecule has 3 aromatic heterocycles. The van der Waals surface area contributed by atoms with Crippen LogP contribution >= 0.6 is 11.3 Å². The number of pyridine rings is 1. The third kappa shape index (κ3) is 3.80. The van der Waals surface area contributed by atoms with Gasteiger partial charge in [0.15, 0.2) is 0 Å². The monoisotopic (exact) mass is 395 g/mol. The number of thiazole rings is 1. The van der Waals surface area contributed by atoms with Crippen molar-refractivity contribution in [2.24, 2.45) is 0 Å². The second-order valence-corrected chi connectivity index (χ2v) is 8.33. The van der Waals surface area contributed by atoms with E-state index in [4.69, 9.17) is 0 Å². The lowest BCUT2D eigenvalue weighted by Gasteiger charge is -2.16. The maximum Gasteiger partial charge on any atom is 0.244 e. The van der Waals surface area contributed by atoms with Gasteiger partial charge in [-0.15, -0.1) is 11.3 Å². The van der Waals surface area contributed by atoms with Crippen molar-refractivity contribution in [2.75, 3.05) is 23.3 Å². The molecule has 1 N–H and O–H groups in total. The predicted molar refractivity (Wildman–Crippen MR) is 114 cm³/mol. The molecule has 1 saturated heterocycles. The van der Waals surface area contributed by atoms with E-state index in [1.165, 1.54) is 12.8 Å². The molecule has 0 saturated carbocycles. The lowest BCUT2D eigenvalue weighted by molar-refractivity contribution is -0.116. The van der Waals surface area contributed by atoms with Crippen molar-refractivity contribution in [3.05, 3.63) is 46.2 Å². The summed E-state index contributed by atoms with van der Waals surface area (Å²) >= 11 is 1.64. The number of aromatic nitrogens is 3. The summed E-state index contributed by atoms with van der Waals surface area (Å²) in [5.41, 5.74) is 4.90. The van der Waals surface area contributed by atoms with Gasteiger partial charge in [-0.1, -0.05) is 0 Å². The van der Waals surface area contributed by atoms with E-state index in [0.29, 0.717) is 0 Å². The SMILES string of the molecule is Cc1nc(-c2cc(C)n(CC(=O)Nc3ccc(N4CCCC4)nc3)c2C)cs1. The second-order valence-electron chi connectivity index (χ2n) is 7.27. The molecule has 0 aromatic carbocycles. The zero-order valence-electron chi connectivity index (χ0n) is 16.5. The maximum atomic E-state index is 12.6. The van der Waals surface area contributed by atoms with E-state index in [1.54, 1.807) is 17.5 Å². The summed E-state index contributed by atoms with van der Waals surface area (Å²) in [6, 6.07) is 6.01. The molecule has 1 aliphatic rings. The smallest absolute Gasteiger partial charge is 0.244 e. The first-order valence-electron chi connectivity index (χ1n) is 9.61. The lowest BCUT2D eigenvalue weighted by atomic mass is 10.2. The first-order valence-corrected chi connectivity index (χ1v) is 10.5. The van der Waals surface area contributed by atoms with Crippen LogP contribution in [0.15, 0.2) is 29.8 Å². The van der Waals surface area contributed by atoms with E-state index < -0.39 is 0 Å². The van der Waals surface area contributed by atoms with Gasteiger partial charge in [0.05, 0.1) is 22.6 Å². The van der Waals surface area contributed by atoms with Crippen molar-refractivity contribution in [3.8, 4) is 11.3 Å². The van der Waals surface area contributed by atoms with Gasteiger partial charge >= 0.3 is 0 Å². The van der Waals surface area contributed by atoms with Crippen molar-refractivity contribution < 1.29 is 4.79 Å². The third-order valence-corrected chi connectivity index (χ3v) is 6.01. The van der Waals surface area contributed by atoms with Crippen molar-refractivity contribution >= 4 is 28.7 Å². The van der Waals surface area contributed by atoms with E-state index in [9.17, 15) is 4.79 Å². The van der Waals surface area contributed by atoms with Crippen LogP contribution in [-0.2, 0) is 11.3 Å². The van der Waals surface area contributed by atoms with Crippen LogP contribution in [0.1, 0.15) is 29.2 Å². The molecule has 1 aliphatic heterocycles. The largest absolute Gasteiger partial charge is 0.357 e. The molecule has 0 spiro atoms. The van der Waals surface area contributed by atoms with E-state index in [1.807, 2.05) is 37.5 Å². The van der Waals surface area contributed by atoms with Gasteiger partial charge in [0.25, 0.3) is 0 Å². The van der Waals surface area contributed by atoms with Crippen LogP contribution in [0, 0.1) is 20.8 Å². The van der Waals surface area contributed by atoms with Crippen LogP contribution in [0.5, 0.6) is 0 Å². The molecular formula is C21H25N5OS. The molecule has 0 bridgehead atoms. The number of hydrogen-bond acceptors (Lipinski definition) is 5. The Morgan fingerprint density at radius 2 is 2.00 bits per heavy atom. The third-order valence-electron chi connectivity index (χ3n) is 5.23. The number of anilines is 2. The van der Waals surface area contributed by atoms with Gasteiger partial charge in [-0.3, -0.25) is 4.79 Å². The molecule has 4 rings (SSSR count). The van der Waals surface area contributed by atoms with Crippen molar-refractivity contribution in [2.45, 2.75) is 40.2 Å². The summed E-state index contributed by atoms with van der Waals surface area (Å²) in [6.45, 7) is 8.46. The fourth-order valence-electron chi connectivity index (χ4n) is 3.73. The number of amides is 1. The molecule has 146 valence electrons. The molecule has 28 heavy (non-hydrogen) atoms. The summed E-state index contributed by atoms with van der Waals surface area (Å²) < 4.78 is 2.03. The van der Waals surface area contributed by atoms with Crippen LogP contribution in [0.3, 0.4) is 0 Å². The van der Waals surface area contributed by atoms with E-state index >= 15 is 0 Å². The van der Waals surface area contributed by atoms with Crippen molar-refractivity contribution in [1.82, 2.24) is 14.5 Å². The Bertz CT molecular complexity index is 983. The van der Waals surface area contributed by atoms with E-state index in [0.717, 1.165) is 52.2 Å². The number of hydrogen-bond donors (Lipinski definition) is 1. The molecular weight excluding hydrogens is 370 g/mol. The van der Waals surface area contributed by atoms with Crippen molar-refractivity contribution in [3.63, 3.8) is 0 Å². The van der Waals surface area contributed by atoms with Gasteiger partial charge in [0, 0.05) is 35.4 Å². The van der Waals surface area contributed by atoms with Crippen LogP contribution in [0.25, 0.3) is 11.3 Å². The minimum absolute atomic E-state index is 0.0569. The molecule has 0 radical (unpaired) electrons. The summed E-state index contributed by atoms with van der Waals surface area (Å²) in [5, 5.41) is 6.07. The summed E-state index contributed by atoms with van der Waals surface area (Å²) in [7, 11) is 0. The lowest BCUT2D eigenvalue weighted by Crippen LogP contribution is -2.21. The van der Waals surface area contributed by atoms with Crippen molar-refractivity contribution in [1.29, 1.82) is 0 Å². The van der Waals surface area contributed by atoms with Crippen LogP contribution < -0.4 is 10.2 Å². The Morgan fingerprint density at radius 3 is 2.64 bits per heavy atom. The van der Waals surface area contributed by atoms with Gasteiger partial charge in [-0.2, -0.15) is 0 Å². The Kier molecular flexibility index (Phi) is 5.17. The molecule has 1 amide bonds. The zero-order valence-corrected chi connectivity index (χ0v) is 17.3. The fraction of sp³-hybridized carbons (Fsp3) is 0.381. The number of nitrogens with zero attached hydrogens (tertiary/aromatic N) is 4. The molecule has 0 aliphatic carbocycles. The quantitative estimate of drug-likeness (QED) is 0.704. The van der Waals surface area contributed by atoms with Gasteiger partial charge < -0.3 is 14.8 Å². The summed E-state index contributed by atoms with van der Waals surface area (Å²) in [4.78, 5) is 23.9. The average Bonchev–Trinajstić information content (AvgIpc) is 3.40. The Labute approximate surface area is 169 Å². The zero-order chi connectivity index (χ0) is 19.7. The highest BCUT2D eigenvalue weighted by Gasteiger charge is 2.16. The first kappa shape index (κ1) is 18.7. The molecule has 3 aromatic rings. The van der Waals surface area contributed by atoms with Gasteiger partial charge in [-0.25, -0.2) is 9.97 Å². The van der Waals surface area contributed by atoms with Gasteiger partial charge in [-0.05, 0) is 51.8 Å². The summed E-state index contributed by atoms with van der Waals surface area (Å²) in [5.74, 6) is 0.925. The standard InChI is InChI=1S/C21H25N5OS/c1-14-10-18(19-13-28-16(3)23-19)15(2)26(14)12-21(27)24-17-6-7-20(22-11-17)25-8-4-5-9-25/h6-7,10-11,13H,4-5,8-9,12H2,1-3H3,(H,24,27). The first-order chi connectivity index (χ1) is 13.5. The van der Waals surface area contributed by atoms with Crippen LogP contribution in [-0.4, -0.2) is 33.5 Å². The highest BCUT2D eigenvalue weighted by molar-refractivity contribution is 7.09. The van der Waals surface area contributed by atoms with Crippen LogP contribution in [0.4, 0.5) is 11.5 Å². The molecule has 4 heterocycles. The molecule has 1 fully saturated rings.